The summed E-state index contributed by atoms with van der Waals surface area (Å²) in [6, 6.07) is 9.58. The van der Waals surface area contributed by atoms with Gasteiger partial charge in [-0.1, -0.05) is 18.2 Å². The molecule has 1 aliphatic rings. The van der Waals surface area contributed by atoms with Gasteiger partial charge in [0, 0.05) is 25.5 Å². The summed E-state index contributed by atoms with van der Waals surface area (Å²) in [5.41, 5.74) is -1.14. The number of hydrogen-bond acceptors (Lipinski definition) is 8. The third-order valence-electron chi connectivity index (χ3n) is 6.36. The first-order valence-corrected chi connectivity index (χ1v) is 14.0. The minimum atomic E-state index is -4.69. The molecule has 0 aliphatic carbocycles. The zero-order chi connectivity index (χ0) is 29.6. The number of rotatable bonds is 10. The van der Waals surface area contributed by atoms with Crippen LogP contribution in [-0.2, 0) is 21.0 Å². The van der Waals surface area contributed by atoms with Crippen LogP contribution in [0.4, 0.5) is 24.8 Å². The minimum absolute atomic E-state index is 0.0257. The van der Waals surface area contributed by atoms with Crippen LogP contribution < -0.4 is 20.3 Å². The van der Waals surface area contributed by atoms with Crippen LogP contribution in [0.5, 0.6) is 0 Å². The lowest BCUT2D eigenvalue weighted by Crippen LogP contribution is -2.49. The molecular weight excluding hydrogens is 565 g/mol. The molecule has 0 radical (unpaired) electrons. The van der Waals surface area contributed by atoms with Crippen LogP contribution in [0.15, 0.2) is 71.9 Å². The summed E-state index contributed by atoms with van der Waals surface area (Å²) in [7, 11) is -4.24. The number of halogens is 3. The van der Waals surface area contributed by atoms with E-state index in [1.807, 2.05) is 4.72 Å². The molecule has 0 bridgehead atoms. The number of piperidine rings is 1. The van der Waals surface area contributed by atoms with Crippen LogP contribution in [0.2, 0.25) is 0 Å². The van der Waals surface area contributed by atoms with Crippen molar-refractivity contribution in [2.75, 3.05) is 23.3 Å². The number of sulfonamides is 1. The molecule has 2 atom stereocenters. The van der Waals surface area contributed by atoms with Crippen molar-refractivity contribution in [1.82, 2.24) is 20.0 Å². The Hall–Kier alpha value is -4.24. The van der Waals surface area contributed by atoms with E-state index in [4.69, 9.17) is 0 Å². The highest BCUT2D eigenvalue weighted by Gasteiger charge is 2.34. The molecule has 218 valence electrons. The van der Waals surface area contributed by atoms with Gasteiger partial charge < -0.3 is 20.6 Å². The Morgan fingerprint density at radius 2 is 1.76 bits per heavy atom. The maximum Gasteiger partial charge on any atom is 0.416 e. The Morgan fingerprint density at radius 3 is 2.41 bits per heavy atom. The average molecular weight is 593 g/mol. The van der Waals surface area contributed by atoms with Crippen LogP contribution in [0.25, 0.3) is 0 Å². The van der Waals surface area contributed by atoms with Gasteiger partial charge >= 0.3 is 12.1 Å². The lowest BCUT2D eigenvalue weighted by Gasteiger charge is -2.39. The fraction of sp³-hybridized carbons (Fsp3) is 0.308. The predicted molar refractivity (Wildman–Crippen MR) is 143 cm³/mol. The van der Waals surface area contributed by atoms with E-state index in [9.17, 15) is 36.3 Å². The van der Waals surface area contributed by atoms with Crippen molar-refractivity contribution in [3.8, 4) is 0 Å². The molecule has 0 unspecified atom stereocenters. The Bertz CT molecular complexity index is 1480. The van der Waals surface area contributed by atoms with Crippen LogP contribution in [0.1, 0.15) is 35.2 Å². The lowest BCUT2D eigenvalue weighted by molar-refractivity contribution is -0.139. The van der Waals surface area contributed by atoms with Gasteiger partial charge in [0.25, 0.3) is 5.91 Å². The highest BCUT2D eigenvalue weighted by Crippen LogP contribution is 2.36. The zero-order valence-corrected chi connectivity index (χ0v) is 22.3. The molecule has 0 saturated carbocycles. The molecule has 1 saturated heterocycles. The SMILES string of the molecule is O=C(NC[C@H](NS(=O)(=O)c1ccccc1)C(=O)O)c1ccc(C(F)(F)F)cc1N1CCCC[C@H]1Nc1ncccn1. The van der Waals surface area contributed by atoms with E-state index in [0.717, 1.165) is 24.6 Å². The first-order chi connectivity index (χ1) is 19.5. The number of carboxylic acid groups (broad SMARTS) is 1. The van der Waals surface area contributed by atoms with Crippen molar-refractivity contribution in [1.29, 1.82) is 0 Å². The maximum absolute atomic E-state index is 13.7. The summed E-state index contributed by atoms with van der Waals surface area (Å²) in [6.45, 7) is -0.346. The number of aromatic nitrogens is 2. The molecule has 2 aromatic carbocycles. The van der Waals surface area contributed by atoms with Gasteiger partial charge in [0.05, 0.1) is 21.7 Å². The van der Waals surface area contributed by atoms with Crippen molar-refractivity contribution in [3.05, 3.63) is 78.1 Å². The van der Waals surface area contributed by atoms with E-state index in [-0.39, 0.29) is 22.1 Å². The van der Waals surface area contributed by atoms with Gasteiger partial charge in [-0.05, 0) is 55.7 Å². The second kappa shape index (κ2) is 12.5. The molecule has 4 N–H and O–H groups in total. The Balaban J connectivity index is 1.60. The fourth-order valence-electron chi connectivity index (χ4n) is 4.35. The zero-order valence-electron chi connectivity index (χ0n) is 21.5. The van der Waals surface area contributed by atoms with E-state index in [2.05, 4.69) is 20.6 Å². The summed E-state index contributed by atoms with van der Waals surface area (Å²) >= 11 is 0. The molecule has 11 nitrogen and oxygen atoms in total. The largest absolute Gasteiger partial charge is 0.480 e. The number of benzene rings is 2. The van der Waals surface area contributed by atoms with Crippen molar-refractivity contribution in [3.63, 3.8) is 0 Å². The third kappa shape index (κ3) is 7.49. The summed E-state index contributed by atoms with van der Waals surface area (Å²) in [5.74, 6) is -2.17. The number of carbonyl (C=O) groups is 2. The van der Waals surface area contributed by atoms with Gasteiger partial charge in [-0.3, -0.25) is 9.59 Å². The molecule has 2 heterocycles. The topological polar surface area (TPSA) is 154 Å². The van der Waals surface area contributed by atoms with E-state index in [1.165, 1.54) is 36.7 Å². The van der Waals surface area contributed by atoms with Gasteiger partial charge in [-0.15, -0.1) is 0 Å². The van der Waals surface area contributed by atoms with Crippen LogP contribution >= 0.6 is 0 Å². The molecule has 4 rings (SSSR count). The van der Waals surface area contributed by atoms with Crippen molar-refractivity contribution >= 4 is 33.5 Å². The highest BCUT2D eigenvalue weighted by molar-refractivity contribution is 7.89. The minimum Gasteiger partial charge on any atom is -0.480 e. The summed E-state index contributed by atoms with van der Waals surface area (Å²) in [4.78, 5) is 34.7. The molecule has 1 aromatic heterocycles. The van der Waals surface area contributed by atoms with E-state index < -0.39 is 52.4 Å². The first-order valence-electron chi connectivity index (χ1n) is 12.6. The summed E-state index contributed by atoms with van der Waals surface area (Å²) < 4.78 is 68.3. The predicted octanol–water partition coefficient (Wildman–Crippen LogP) is 3.09. The molecule has 41 heavy (non-hydrogen) atoms. The molecule has 15 heteroatoms. The second-order valence-corrected chi connectivity index (χ2v) is 10.9. The molecule has 1 amide bonds. The van der Waals surface area contributed by atoms with Gasteiger partial charge in [0.2, 0.25) is 16.0 Å². The van der Waals surface area contributed by atoms with Gasteiger partial charge in [-0.25, -0.2) is 18.4 Å². The van der Waals surface area contributed by atoms with Gasteiger partial charge in [0.15, 0.2) is 0 Å². The van der Waals surface area contributed by atoms with Crippen molar-refractivity contribution in [2.45, 2.75) is 42.5 Å². The number of anilines is 2. The van der Waals surface area contributed by atoms with Crippen molar-refractivity contribution < 1.29 is 36.3 Å². The third-order valence-corrected chi connectivity index (χ3v) is 7.85. The van der Waals surface area contributed by atoms with E-state index >= 15 is 0 Å². The van der Waals surface area contributed by atoms with E-state index in [1.54, 1.807) is 17.0 Å². The van der Waals surface area contributed by atoms with Crippen LogP contribution in [-0.4, -0.2) is 60.7 Å². The fourth-order valence-corrected chi connectivity index (χ4v) is 5.56. The number of hydrogen-bond donors (Lipinski definition) is 4. The summed E-state index contributed by atoms with van der Waals surface area (Å²) in [5, 5.41) is 15.0. The Kier molecular flexibility index (Phi) is 9.08. The number of alkyl halides is 3. The molecular formula is C26H27F3N6O5S. The number of carbonyl (C=O) groups excluding carboxylic acids is 1. The van der Waals surface area contributed by atoms with Crippen LogP contribution in [0.3, 0.4) is 0 Å². The number of carboxylic acids is 1. The number of nitrogens with zero attached hydrogens (tertiary/aromatic N) is 3. The quantitative estimate of drug-likeness (QED) is 0.278. The molecule has 3 aromatic rings. The average Bonchev–Trinajstić information content (AvgIpc) is 2.95. The molecule has 1 fully saturated rings. The number of amides is 1. The number of nitrogens with one attached hydrogen (secondary N) is 3. The van der Waals surface area contributed by atoms with Gasteiger partial charge in [0.1, 0.15) is 12.2 Å². The van der Waals surface area contributed by atoms with E-state index in [0.29, 0.717) is 19.4 Å². The van der Waals surface area contributed by atoms with Gasteiger partial charge in [-0.2, -0.15) is 17.9 Å². The Morgan fingerprint density at radius 1 is 1.05 bits per heavy atom. The normalized spacial score (nSPS) is 16.6. The monoisotopic (exact) mass is 592 g/mol. The smallest absolute Gasteiger partial charge is 0.416 e. The van der Waals surface area contributed by atoms with Crippen molar-refractivity contribution in [2.24, 2.45) is 0 Å². The van der Waals surface area contributed by atoms with Crippen LogP contribution in [0, 0.1) is 0 Å². The standard InChI is InChI=1S/C26H27F3N6O5S/c27-26(28,29)17-10-11-19(21(15-17)35-14-5-4-9-22(35)33-25-30-12-6-13-31-25)23(36)32-16-20(24(37)38)34-41(39,40)18-7-2-1-3-8-18/h1-3,6-8,10-13,15,20,22,34H,4-5,9,14,16H2,(H,32,36)(H,37,38)(H,30,31,33)/t20-,22-/m0/s1. The number of aliphatic carboxylic acids is 1. The summed E-state index contributed by atoms with van der Waals surface area (Å²) in [6.07, 6.45) is -0.262. The highest BCUT2D eigenvalue weighted by atomic mass is 32.2. The first kappa shape index (κ1) is 29.7. The molecule has 0 spiro atoms. The second-order valence-electron chi connectivity index (χ2n) is 9.19. The maximum atomic E-state index is 13.7. The Labute approximate surface area is 233 Å². The molecule has 1 aliphatic heterocycles. The lowest BCUT2D eigenvalue weighted by atomic mass is 10.0.